The average Bonchev–Trinajstić information content (AvgIpc) is 2.96. The molecule has 0 saturated carbocycles. The van der Waals surface area contributed by atoms with Gasteiger partial charge in [0.25, 0.3) is 5.91 Å². The minimum atomic E-state index is -0.655. The molecule has 0 bridgehead atoms. The summed E-state index contributed by atoms with van der Waals surface area (Å²) >= 11 is 0. The maximum absolute atomic E-state index is 12.4. The SMILES string of the molecule is Nc1cc(N2CCN(C(=O)c3ccc[nH]3)C[C@@H](O)C2)ncn1. The summed E-state index contributed by atoms with van der Waals surface area (Å²) in [7, 11) is 0. The van der Waals surface area contributed by atoms with Gasteiger partial charge in [0.1, 0.15) is 23.7 Å². The highest BCUT2D eigenvalue weighted by Gasteiger charge is 2.26. The molecule has 1 aliphatic rings. The third-order valence-corrected chi connectivity index (χ3v) is 3.62. The van der Waals surface area contributed by atoms with Gasteiger partial charge in [0, 0.05) is 38.4 Å². The predicted octanol–water partition coefficient (Wildman–Crippen LogP) is -0.290. The van der Waals surface area contributed by atoms with Crippen LogP contribution in [-0.4, -0.2) is 63.1 Å². The second-order valence-corrected chi connectivity index (χ2v) is 5.24. The van der Waals surface area contributed by atoms with Crippen molar-refractivity contribution in [2.24, 2.45) is 0 Å². The molecule has 8 nitrogen and oxygen atoms in total. The number of carbonyl (C=O) groups excluding carboxylic acids is 1. The topological polar surface area (TPSA) is 111 Å². The van der Waals surface area contributed by atoms with Crippen LogP contribution in [0.2, 0.25) is 0 Å². The number of nitrogens with zero attached hydrogens (tertiary/aromatic N) is 4. The molecule has 1 amide bonds. The molecule has 0 aliphatic carbocycles. The zero-order valence-electron chi connectivity index (χ0n) is 12.0. The summed E-state index contributed by atoms with van der Waals surface area (Å²) < 4.78 is 0. The fourth-order valence-electron chi connectivity index (χ4n) is 2.55. The zero-order chi connectivity index (χ0) is 15.5. The van der Waals surface area contributed by atoms with Gasteiger partial charge in [-0.2, -0.15) is 0 Å². The summed E-state index contributed by atoms with van der Waals surface area (Å²) in [4.78, 5) is 26.9. The van der Waals surface area contributed by atoms with E-state index in [0.717, 1.165) is 0 Å². The first-order chi connectivity index (χ1) is 10.6. The van der Waals surface area contributed by atoms with Crippen LogP contribution in [0.1, 0.15) is 10.5 Å². The number of β-amino-alcohol motifs (C(OH)–C–C–N with tert-alkyl or cyclic N) is 1. The van der Waals surface area contributed by atoms with Crippen molar-refractivity contribution in [3.05, 3.63) is 36.4 Å². The molecule has 0 spiro atoms. The molecule has 22 heavy (non-hydrogen) atoms. The number of aliphatic hydroxyl groups is 1. The van der Waals surface area contributed by atoms with E-state index in [1.54, 1.807) is 29.3 Å². The Morgan fingerprint density at radius 1 is 1.36 bits per heavy atom. The lowest BCUT2D eigenvalue weighted by molar-refractivity contribution is 0.0669. The van der Waals surface area contributed by atoms with Crippen molar-refractivity contribution in [2.75, 3.05) is 36.8 Å². The van der Waals surface area contributed by atoms with Crippen LogP contribution in [0.15, 0.2) is 30.7 Å². The number of nitrogen functional groups attached to an aromatic ring is 1. The summed E-state index contributed by atoms with van der Waals surface area (Å²) in [6.45, 7) is 1.75. The normalized spacial score (nSPS) is 19.0. The molecule has 1 atom stereocenters. The molecule has 4 N–H and O–H groups in total. The number of aliphatic hydroxyl groups excluding tert-OH is 1. The third kappa shape index (κ3) is 3.01. The molecule has 8 heteroatoms. The molecule has 116 valence electrons. The van der Waals surface area contributed by atoms with E-state index in [-0.39, 0.29) is 12.5 Å². The van der Waals surface area contributed by atoms with Gasteiger partial charge in [0.15, 0.2) is 0 Å². The lowest BCUT2D eigenvalue weighted by Crippen LogP contribution is -2.37. The van der Waals surface area contributed by atoms with Crippen LogP contribution >= 0.6 is 0 Å². The minimum Gasteiger partial charge on any atom is -0.389 e. The number of aromatic amines is 1. The first kappa shape index (κ1) is 14.3. The number of anilines is 2. The van der Waals surface area contributed by atoms with E-state index in [9.17, 15) is 9.90 Å². The van der Waals surface area contributed by atoms with Crippen LogP contribution in [0.5, 0.6) is 0 Å². The molecule has 1 saturated heterocycles. The van der Waals surface area contributed by atoms with Gasteiger partial charge in [-0.1, -0.05) is 0 Å². The Morgan fingerprint density at radius 2 is 2.23 bits per heavy atom. The number of nitrogens with one attached hydrogen (secondary N) is 1. The summed E-state index contributed by atoms with van der Waals surface area (Å²) in [6.07, 6.45) is 2.44. The maximum Gasteiger partial charge on any atom is 0.270 e. The van der Waals surface area contributed by atoms with Gasteiger partial charge in [0.2, 0.25) is 0 Å². The Labute approximate surface area is 127 Å². The van der Waals surface area contributed by atoms with Crippen LogP contribution in [0.4, 0.5) is 11.6 Å². The molecule has 1 fully saturated rings. The predicted molar refractivity (Wildman–Crippen MR) is 81.4 cm³/mol. The second-order valence-electron chi connectivity index (χ2n) is 5.24. The quantitative estimate of drug-likeness (QED) is 0.703. The number of hydrogen-bond donors (Lipinski definition) is 3. The van der Waals surface area contributed by atoms with Crippen molar-refractivity contribution in [2.45, 2.75) is 6.10 Å². The van der Waals surface area contributed by atoms with Gasteiger partial charge in [0.05, 0.1) is 6.10 Å². The van der Waals surface area contributed by atoms with Gasteiger partial charge in [-0.15, -0.1) is 0 Å². The molecule has 0 unspecified atom stereocenters. The first-order valence-corrected chi connectivity index (χ1v) is 7.06. The average molecular weight is 302 g/mol. The van der Waals surface area contributed by atoms with Crippen molar-refractivity contribution in [3.8, 4) is 0 Å². The lowest BCUT2D eigenvalue weighted by atomic mass is 10.3. The van der Waals surface area contributed by atoms with E-state index < -0.39 is 6.10 Å². The highest BCUT2D eigenvalue weighted by atomic mass is 16.3. The molecule has 3 rings (SSSR count). The van der Waals surface area contributed by atoms with Gasteiger partial charge in [-0.05, 0) is 12.1 Å². The Kier molecular flexibility index (Phi) is 3.92. The Hall–Kier alpha value is -2.61. The number of carbonyl (C=O) groups is 1. The van der Waals surface area contributed by atoms with Gasteiger partial charge >= 0.3 is 0 Å². The number of aromatic nitrogens is 3. The highest BCUT2D eigenvalue weighted by molar-refractivity contribution is 5.92. The van der Waals surface area contributed by atoms with Gasteiger partial charge < -0.3 is 25.6 Å². The number of rotatable bonds is 2. The van der Waals surface area contributed by atoms with Crippen molar-refractivity contribution in [3.63, 3.8) is 0 Å². The van der Waals surface area contributed by atoms with E-state index in [0.29, 0.717) is 37.0 Å². The number of H-pyrrole nitrogens is 1. The number of amides is 1. The van der Waals surface area contributed by atoms with E-state index >= 15 is 0 Å². The zero-order valence-corrected chi connectivity index (χ0v) is 12.0. The van der Waals surface area contributed by atoms with Crippen molar-refractivity contribution in [1.82, 2.24) is 19.9 Å². The Balaban J connectivity index is 1.74. The largest absolute Gasteiger partial charge is 0.389 e. The van der Waals surface area contributed by atoms with Crippen molar-refractivity contribution < 1.29 is 9.90 Å². The summed E-state index contributed by atoms with van der Waals surface area (Å²) in [5, 5.41) is 10.2. The molecule has 2 aromatic rings. The highest BCUT2D eigenvalue weighted by Crippen LogP contribution is 2.16. The van der Waals surface area contributed by atoms with Crippen molar-refractivity contribution in [1.29, 1.82) is 0 Å². The second kappa shape index (κ2) is 6.02. The van der Waals surface area contributed by atoms with Crippen LogP contribution in [-0.2, 0) is 0 Å². The number of nitrogens with two attached hydrogens (primary N) is 1. The Morgan fingerprint density at radius 3 is 2.95 bits per heavy atom. The van der Waals surface area contributed by atoms with Crippen molar-refractivity contribution >= 4 is 17.5 Å². The van der Waals surface area contributed by atoms with Gasteiger partial charge in [-0.3, -0.25) is 4.79 Å². The van der Waals surface area contributed by atoms with E-state index in [1.165, 1.54) is 6.33 Å². The molecule has 2 aromatic heterocycles. The van der Waals surface area contributed by atoms with Crippen LogP contribution < -0.4 is 10.6 Å². The molecular weight excluding hydrogens is 284 g/mol. The summed E-state index contributed by atoms with van der Waals surface area (Å²) in [5.74, 6) is 0.914. The monoisotopic (exact) mass is 302 g/mol. The summed E-state index contributed by atoms with van der Waals surface area (Å²) in [5.41, 5.74) is 6.19. The molecule has 1 aliphatic heterocycles. The van der Waals surface area contributed by atoms with Gasteiger partial charge in [-0.25, -0.2) is 9.97 Å². The molecular formula is C14H18N6O2. The van der Waals surface area contributed by atoms with Crippen LogP contribution in [0.3, 0.4) is 0 Å². The van der Waals surface area contributed by atoms with E-state index in [1.807, 2.05) is 4.90 Å². The molecule has 3 heterocycles. The standard InChI is InChI=1S/C14H18N6O2/c15-12-6-13(18-9-17-12)19-4-5-20(8-10(21)7-19)14(22)11-2-1-3-16-11/h1-3,6,9-10,16,21H,4-5,7-8H2,(H2,15,17,18)/t10-/m0/s1. The maximum atomic E-state index is 12.4. The van der Waals surface area contributed by atoms with E-state index in [2.05, 4.69) is 15.0 Å². The molecule has 0 radical (unpaired) electrons. The summed E-state index contributed by atoms with van der Waals surface area (Å²) in [6, 6.07) is 5.16. The fourth-order valence-corrected chi connectivity index (χ4v) is 2.55. The Bertz CT molecular complexity index is 645. The van der Waals surface area contributed by atoms with Crippen LogP contribution in [0, 0.1) is 0 Å². The third-order valence-electron chi connectivity index (χ3n) is 3.62. The smallest absolute Gasteiger partial charge is 0.270 e. The minimum absolute atomic E-state index is 0.117. The lowest BCUT2D eigenvalue weighted by Gasteiger charge is -2.22. The van der Waals surface area contributed by atoms with Crippen LogP contribution in [0.25, 0.3) is 0 Å². The fraction of sp³-hybridized carbons (Fsp3) is 0.357. The molecule has 0 aromatic carbocycles. The van der Waals surface area contributed by atoms with E-state index in [4.69, 9.17) is 5.73 Å². The first-order valence-electron chi connectivity index (χ1n) is 7.06. The number of hydrogen-bond acceptors (Lipinski definition) is 6.